The number of hydrogen-bond acceptors (Lipinski definition) is 5. The smallest absolute Gasteiger partial charge is 0.185 e. The Hall–Kier alpha value is -1.59. The van der Waals surface area contributed by atoms with Crippen LogP contribution in [0.5, 0.6) is 0 Å². The van der Waals surface area contributed by atoms with E-state index in [1.165, 1.54) is 11.3 Å². The molecule has 1 aliphatic heterocycles. The summed E-state index contributed by atoms with van der Waals surface area (Å²) in [7, 11) is 0. The quantitative estimate of drug-likeness (QED) is 0.890. The topological polar surface area (TPSA) is 48.4 Å². The molecule has 0 radical (unpaired) electrons. The molecule has 1 aromatic heterocycles. The van der Waals surface area contributed by atoms with Crippen LogP contribution in [0.2, 0.25) is 0 Å². The number of aliphatic hydroxyl groups is 1. The molecule has 3 rings (SSSR count). The van der Waals surface area contributed by atoms with Crippen LogP contribution in [0, 0.1) is 6.92 Å². The lowest BCUT2D eigenvalue weighted by Gasteiger charge is -2.32. The first kappa shape index (κ1) is 15.3. The Labute approximate surface area is 135 Å². The number of anilines is 2. The maximum atomic E-state index is 8.95. The van der Waals surface area contributed by atoms with Crippen molar-refractivity contribution in [3.8, 4) is 0 Å². The molecule has 1 aromatic carbocycles. The molecule has 1 fully saturated rings. The van der Waals surface area contributed by atoms with Crippen molar-refractivity contribution in [1.82, 2.24) is 4.98 Å². The number of benzene rings is 1. The number of aryl methyl sites for hydroxylation is 1. The first-order valence-electron chi connectivity index (χ1n) is 7.88. The van der Waals surface area contributed by atoms with Gasteiger partial charge in [0, 0.05) is 36.8 Å². The number of rotatable bonds is 5. The lowest BCUT2D eigenvalue weighted by atomic mass is 10.0. The van der Waals surface area contributed by atoms with Gasteiger partial charge in [-0.1, -0.05) is 12.1 Å². The summed E-state index contributed by atoms with van der Waals surface area (Å²) in [4.78, 5) is 6.96. The largest absolute Gasteiger partial charge is 0.396 e. The highest BCUT2D eigenvalue weighted by atomic mass is 32.1. The molecule has 5 heteroatoms. The van der Waals surface area contributed by atoms with E-state index in [4.69, 9.17) is 5.11 Å². The maximum absolute atomic E-state index is 8.95. The molecule has 118 valence electrons. The lowest BCUT2D eigenvalue weighted by molar-refractivity contribution is 0.299. The number of hydrogen-bond donors (Lipinski definition) is 2. The minimum absolute atomic E-state index is 0.210. The first-order valence-corrected chi connectivity index (χ1v) is 8.76. The number of aliphatic hydroxyl groups excluding tert-OH is 1. The van der Waals surface area contributed by atoms with Crippen LogP contribution in [-0.2, 0) is 6.42 Å². The maximum Gasteiger partial charge on any atom is 0.185 e. The molecule has 0 unspecified atom stereocenters. The summed E-state index contributed by atoms with van der Waals surface area (Å²) in [6, 6.07) is 8.93. The van der Waals surface area contributed by atoms with Gasteiger partial charge in [-0.3, -0.25) is 0 Å². The second-order valence-electron chi connectivity index (χ2n) is 5.85. The van der Waals surface area contributed by atoms with Gasteiger partial charge in [-0.05, 0) is 43.9 Å². The summed E-state index contributed by atoms with van der Waals surface area (Å²) >= 11 is 1.74. The molecular weight excluding hydrogens is 294 g/mol. The van der Waals surface area contributed by atoms with Gasteiger partial charge >= 0.3 is 0 Å². The van der Waals surface area contributed by atoms with Gasteiger partial charge in [0.05, 0.1) is 5.69 Å². The Morgan fingerprint density at radius 1 is 1.27 bits per heavy atom. The van der Waals surface area contributed by atoms with E-state index in [0.717, 1.165) is 43.2 Å². The molecule has 1 aliphatic rings. The van der Waals surface area contributed by atoms with Crippen molar-refractivity contribution in [2.24, 2.45) is 0 Å². The van der Waals surface area contributed by atoms with E-state index in [1.54, 1.807) is 11.3 Å². The van der Waals surface area contributed by atoms with Gasteiger partial charge in [0.15, 0.2) is 5.13 Å². The fourth-order valence-corrected chi connectivity index (χ4v) is 3.69. The molecule has 0 atom stereocenters. The second kappa shape index (κ2) is 7.11. The fraction of sp³-hybridized carbons (Fsp3) is 0.471. The normalized spacial score (nSPS) is 16.0. The van der Waals surface area contributed by atoms with E-state index < -0.39 is 0 Å². The lowest BCUT2D eigenvalue weighted by Crippen LogP contribution is -2.39. The molecule has 0 aliphatic carbocycles. The molecule has 2 heterocycles. The van der Waals surface area contributed by atoms with Crippen LogP contribution in [0.25, 0.3) is 0 Å². The Balaban J connectivity index is 1.51. The van der Waals surface area contributed by atoms with E-state index in [0.29, 0.717) is 6.04 Å². The predicted octanol–water partition coefficient (Wildman–Crippen LogP) is 3.07. The number of piperidine rings is 1. The highest BCUT2D eigenvalue weighted by Gasteiger charge is 2.20. The van der Waals surface area contributed by atoms with Crippen molar-refractivity contribution >= 4 is 22.2 Å². The third-order valence-electron chi connectivity index (χ3n) is 4.10. The molecular formula is C17H23N3OS. The average molecular weight is 317 g/mol. The van der Waals surface area contributed by atoms with Crippen LogP contribution in [-0.4, -0.2) is 35.8 Å². The van der Waals surface area contributed by atoms with Crippen LogP contribution in [0.15, 0.2) is 29.6 Å². The van der Waals surface area contributed by atoms with Crippen LogP contribution < -0.4 is 10.2 Å². The van der Waals surface area contributed by atoms with Crippen molar-refractivity contribution in [2.75, 3.05) is 29.9 Å². The summed E-state index contributed by atoms with van der Waals surface area (Å²) < 4.78 is 0. The SMILES string of the molecule is Cc1csc(N2CCC(Nc3ccc(CCO)cc3)CC2)n1. The minimum atomic E-state index is 0.210. The zero-order valence-corrected chi connectivity index (χ0v) is 13.8. The molecule has 2 aromatic rings. The molecule has 0 spiro atoms. The second-order valence-corrected chi connectivity index (χ2v) is 6.68. The van der Waals surface area contributed by atoms with Crippen molar-refractivity contribution in [3.63, 3.8) is 0 Å². The van der Waals surface area contributed by atoms with Gasteiger partial charge in [0.25, 0.3) is 0 Å². The number of nitrogens with one attached hydrogen (secondary N) is 1. The number of thiazole rings is 1. The van der Waals surface area contributed by atoms with Crippen LogP contribution in [0.3, 0.4) is 0 Å². The van der Waals surface area contributed by atoms with E-state index >= 15 is 0 Å². The summed E-state index contributed by atoms with van der Waals surface area (Å²) in [5.74, 6) is 0. The van der Waals surface area contributed by atoms with Crippen LogP contribution in [0.1, 0.15) is 24.1 Å². The van der Waals surface area contributed by atoms with E-state index in [9.17, 15) is 0 Å². The van der Waals surface area contributed by atoms with Crippen molar-refractivity contribution in [3.05, 3.63) is 40.9 Å². The first-order chi connectivity index (χ1) is 10.7. The minimum Gasteiger partial charge on any atom is -0.396 e. The third-order valence-corrected chi connectivity index (χ3v) is 5.12. The fourth-order valence-electron chi connectivity index (χ4n) is 2.83. The molecule has 4 nitrogen and oxygen atoms in total. The van der Waals surface area contributed by atoms with Gasteiger partial charge in [-0.25, -0.2) is 4.98 Å². The molecule has 0 amide bonds. The Bertz CT molecular complexity index is 588. The van der Waals surface area contributed by atoms with Gasteiger partial charge in [0.2, 0.25) is 0 Å². The van der Waals surface area contributed by atoms with Crippen LogP contribution >= 0.6 is 11.3 Å². The van der Waals surface area contributed by atoms with E-state index in [2.05, 4.69) is 51.8 Å². The highest BCUT2D eigenvalue weighted by Crippen LogP contribution is 2.25. The third kappa shape index (κ3) is 3.78. The molecule has 0 bridgehead atoms. The highest BCUT2D eigenvalue weighted by molar-refractivity contribution is 7.13. The van der Waals surface area contributed by atoms with Gasteiger partial charge < -0.3 is 15.3 Å². The molecule has 22 heavy (non-hydrogen) atoms. The zero-order chi connectivity index (χ0) is 15.4. The van der Waals surface area contributed by atoms with Crippen LogP contribution in [0.4, 0.5) is 10.8 Å². The summed E-state index contributed by atoms with van der Waals surface area (Å²) in [6.07, 6.45) is 3.00. The molecule has 1 saturated heterocycles. The van der Waals surface area contributed by atoms with Crippen molar-refractivity contribution in [2.45, 2.75) is 32.2 Å². The standard InChI is InChI=1S/C17H23N3OS/c1-13-12-22-17(18-13)20-9-6-16(7-10-20)19-15-4-2-14(3-5-15)8-11-21/h2-5,12,16,19,21H,6-11H2,1H3. The number of nitrogens with zero attached hydrogens (tertiary/aromatic N) is 2. The molecule has 0 saturated carbocycles. The van der Waals surface area contributed by atoms with Gasteiger partial charge in [0.1, 0.15) is 0 Å². The Morgan fingerprint density at radius 3 is 2.59 bits per heavy atom. The summed E-state index contributed by atoms with van der Waals surface area (Å²) in [6.45, 7) is 4.39. The predicted molar refractivity (Wildman–Crippen MR) is 92.9 cm³/mol. The van der Waals surface area contributed by atoms with E-state index in [-0.39, 0.29) is 6.61 Å². The Kier molecular flexibility index (Phi) is 4.95. The number of aromatic nitrogens is 1. The molecule has 2 N–H and O–H groups in total. The summed E-state index contributed by atoms with van der Waals surface area (Å²) in [5.41, 5.74) is 3.47. The van der Waals surface area contributed by atoms with Crippen molar-refractivity contribution < 1.29 is 5.11 Å². The van der Waals surface area contributed by atoms with Gasteiger partial charge in [-0.15, -0.1) is 11.3 Å². The summed E-state index contributed by atoms with van der Waals surface area (Å²) in [5, 5.41) is 15.8. The van der Waals surface area contributed by atoms with E-state index in [1.807, 2.05) is 0 Å². The average Bonchev–Trinajstić information content (AvgIpc) is 2.97. The zero-order valence-electron chi connectivity index (χ0n) is 13.0. The van der Waals surface area contributed by atoms with Gasteiger partial charge in [-0.2, -0.15) is 0 Å². The monoisotopic (exact) mass is 317 g/mol. The Morgan fingerprint density at radius 2 is 2.00 bits per heavy atom. The van der Waals surface area contributed by atoms with Crippen molar-refractivity contribution in [1.29, 1.82) is 0 Å².